The monoisotopic (exact) mass is 324 g/mol. The average Bonchev–Trinajstić information content (AvgIpc) is 3.00. The first kappa shape index (κ1) is 15.4. The third-order valence-corrected chi connectivity index (χ3v) is 5.06. The van der Waals surface area contributed by atoms with Crippen molar-refractivity contribution in [3.05, 3.63) is 47.2 Å². The Morgan fingerprint density at radius 3 is 2.79 bits per heavy atom. The van der Waals surface area contributed by atoms with Crippen molar-refractivity contribution < 1.29 is 4.74 Å². The van der Waals surface area contributed by atoms with Gasteiger partial charge >= 0.3 is 0 Å². The Bertz CT molecular complexity index is 719. The van der Waals surface area contributed by atoms with E-state index in [2.05, 4.69) is 46.5 Å². The predicted octanol–water partition coefficient (Wildman–Crippen LogP) is 2.66. The van der Waals surface area contributed by atoms with Crippen molar-refractivity contribution in [1.29, 1.82) is 0 Å². The van der Waals surface area contributed by atoms with E-state index < -0.39 is 0 Å². The number of hydrogen-bond donors (Lipinski definition) is 2. The van der Waals surface area contributed by atoms with Crippen molar-refractivity contribution in [3.63, 3.8) is 0 Å². The van der Waals surface area contributed by atoms with Gasteiger partial charge in [0.2, 0.25) is 11.8 Å². The third kappa shape index (κ3) is 2.96. The quantitative estimate of drug-likeness (QED) is 0.908. The van der Waals surface area contributed by atoms with Gasteiger partial charge in [0.1, 0.15) is 6.10 Å². The second-order valence-electron chi connectivity index (χ2n) is 6.89. The fraction of sp³-hybridized carbons (Fsp3) is 0.474. The van der Waals surface area contributed by atoms with Crippen LogP contribution in [0.2, 0.25) is 0 Å². The second-order valence-corrected chi connectivity index (χ2v) is 6.89. The molecule has 1 saturated heterocycles. The molecule has 1 unspecified atom stereocenters. The van der Waals surface area contributed by atoms with E-state index in [0.717, 1.165) is 43.5 Å². The molecule has 2 heterocycles. The summed E-state index contributed by atoms with van der Waals surface area (Å²) in [5.74, 6) is 1.29. The molecule has 5 nitrogen and oxygen atoms in total. The van der Waals surface area contributed by atoms with Crippen molar-refractivity contribution in [3.8, 4) is 5.88 Å². The van der Waals surface area contributed by atoms with E-state index in [-0.39, 0.29) is 12.0 Å². The van der Waals surface area contributed by atoms with Crippen molar-refractivity contribution in [2.75, 3.05) is 12.3 Å². The summed E-state index contributed by atoms with van der Waals surface area (Å²) in [4.78, 5) is 9.01. The second kappa shape index (κ2) is 6.40. The standard InChI is InChI=1S/C19H24N4O/c1-12-10-14(11-21-12)24-18-16-9-5-8-15(13-6-3-2-4-7-13)17(16)22-19(20)23-18/h2-4,6-7,12,14-15,21H,5,8-11H2,1H3,(H2,20,22,23)/t12-,14+,15?/m1/s1. The van der Waals surface area contributed by atoms with Crippen LogP contribution in [0.5, 0.6) is 5.88 Å². The number of rotatable bonds is 3. The molecule has 1 aromatic heterocycles. The van der Waals surface area contributed by atoms with Gasteiger partial charge in [-0.25, -0.2) is 4.98 Å². The highest BCUT2D eigenvalue weighted by atomic mass is 16.5. The summed E-state index contributed by atoms with van der Waals surface area (Å²) in [6.07, 6.45) is 4.34. The predicted molar refractivity (Wildman–Crippen MR) is 94.2 cm³/mol. The van der Waals surface area contributed by atoms with Gasteiger partial charge in [-0.3, -0.25) is 0 Å². The molecule has 1 aliphatic heterocycles. The van der Waals surface area contributed by atoms with Crippen LogP contribution in [-0.4, -0.2) is 28.7 Å². The number of nitrogens with one attached hydrogen (secondary N) is 1. The van der Waals surface area contributed by atoms with Gasteiger partial charge in [-0.15, -0.1) is 0 Å². The van der Waals surface area contributed by atoms with Gasteiger partial charge in [0.15, 0.2) is 0 Å². The number of ether oxygens (including phenoxy) is 1. The van der Waals surface area contributed by atoms with Crippen LogP contribution in [0.15, 0.2) is 30.3 Å². The maximum absolute atomic E-state index is 6.22. The number of hydrogen-bond acceptors (Lipinski definition) is 5. The molecule has 3 N–H and O–H groups in total. The molecule has 1 aromatic carbocycles. The number of aromatic nitrogens is 2. The van der Waals surface area contributed by atoms with Crippen LogP contribution in [0.4, 0.5) is 5.95 Å². The number of nitrogen functional groups attached to an aromatic ring is 1. The first-order valence-corrected chi connectivity index (χ1v) is 8.82. The number of fused-ring (bicyclic) bond motifs is 1. The minimum Gasteiger partial charge on any atom is -0.473 e. The average molecular weight is 324 g/mol. The van der Waals surface area contributed by atoms with Gasteiger partial charge in [0.25, 0.3) is 0 Å². The van der Waals surface area contributed by atoms with Gasteiger partial charge in [-0.2, -0.15) is 4.98 Å². The van der Waals surface area contributed by atoms with Gasteiger partial charge in [-0.05, 0) is 31.7 Å². The number of benzene rings is 1. The van der Waals surface area contributed by atoms with Crippen molar-refractivity contribution in [2.45, 2.75) is 50.7 Å². The normalized spacial score (nSPS) is 26.1. The molecule has 126 valence electrons. The molecule has 2 aliphatic rings. The molecule has 0 spiro atoms. The molecule has 0 saturated carbocycles. The summed E-state index contributed by atoms with van der Waals surface area (Å²) >= 11 is 0. The fourth-order valence-electron chi connectivity index (χ4n) is 3.89. The van der Waals surface area contributed by atoms with E-state index in [1.54, 1.807) is 0 Å². The molecule has 0 radical (unpaired) electrons. The van der Waals surface area contributed by atoms with Crippen molar-refractivity contribution in [2.24, 2.45) is 0 Å². The largest absolute Gasteiger partial charge is 0.473 e. The first-order chi connectivity index (χ1) is 11.7. The summed E-state index contributed by atoms with van der Waals surface area (Å²) in [7, 11) is 0. The highest BCUT2D eigenvalue weighted by Gasteiger charge is 2.30. The van der Waals surface area contributed by atoms with Gasteiger partial charge in [-0.1, -0.05) is 30.3 Å². The highest BCUT2D eigenvalue weighted by Crippen LogP contribution is 2.39. The molecule has 24 heavy (non-hydrogen) atoms. The van der Waals surface area contributed by atoms with E-state index in [4.69, 9.17) is 10.5 Å². The number of anilines is 1. The summed E-state index contributed by atoms with van der Waals surface area (Å²) in [6.45, 7) is 3.04. The van der Waals surface area contributed by atoms with Crippen LogP contribution >= 0.6 is 0 Å². The molecular weight excluding hydrogens is 300 g/mol. The molecule has 0 amide bonds. The maximum atomic E-state index is 6.22. The smallest absolute Gasteiger partial charge is 0.223 e. The first-order valence-electron chi connectivity index (χ1n) is 8.82. The van der Waals surface area contributed by atoms with E-state index >= 15 is 0 Å². The summed E-state index contributed by atoms with van der Waals surface area (Å²) in [6, 6.07) is 11.0. The summed E-state index contributed by atoms with van der Waals surface area (Å²) in [5.41, 5.74) is 9.49. The van der Waals surface area contributed by atoms with Gasteiger partial charge < -0.3 is 15.8 Å². The SMILES string of the molecule is C[C@@H]1C[C@H](Oc2nc(N)nc3c2CCCC3c2ccccc2)CN1. The zero-order chi connectivity index (χ0) is 16.5. The zero-order valence-corrected chi connectivity index (χ0v) is 14.0. The Kier molecular flexibility index (Phi) is 4.10. The minimum absolute atomic E-state index is 0.163. The Labute approximate surface area is 142 Å². The Hall–Kier alpha value is -2.14. The lowest BCUT2D eigenvalue weighted by Gasteiger charge is -2.27. The van der Waals surface area contributed by atoms with E-state index in [1.165, 1.54) is 5.56 Å². The molecular formula is C19H24N4O. The van der Waals surface area contributed by atoms with Crippen LogP contribution in [0, 0.1) is 0 Å². The van der Waals surface area contributed by atoms with Gasteiger partial charge in [0.05, 0.1) is 5.69 Å². The van der Waals surface area contributed by atoms with E-state index in [9.17, 15) is 0 Å². The van der Waals surface area contributed by atoms with Crippen molar-refractivity contribution >= 4 is 5.95 Å². The number of nitrogens with two attached hydrogens (primary N) is 1. The van der Waals surface area contributed by atoms with E-state index in [1.807, 2.05) is 6.07 Å². The molecule has 1 aliphatic carbocycles. The van der Waals surface area contributed by atoms with Crippen LogP contribution in [0.3, 0.4) is 0 Å². The van der Waals surface area contributed by atoms with Crippen LogP contribution in [0.25, 0.3) is 0 Å². The zero-order valence-electron chi connectivity index (χ0n) is 14.0. The van der Waals surface area contributed by atoms with Crippen LogP contribution < -0.4 is 15.8 Å². The Balaban J connectivity index is 1.69. The van der Waals surface area contributed by atoms with Crippen LogP contribution in [-0.2, 0) is 6.42 Å². The van der Waals surface area contributed by atoms with Crippen LogP contribution in [0.1, 0.15) is 48.9 Å². The third-order valence-electron chi connectivity index (χ3n) is 5.06. The lowest BCUT2D eigenvalue weighted by atomic mass is 9.82. The molecule has 0 bridgehead atoms. The molecule has 2 aromatic rings. The fourth-order valence-corrected chi connectivity index (χ4v) is 3.89. The Morgan fingerprint density at radius 1 is 1.21 bits per heavy atom. The lowest BCUT2D eigenvalue weighted by molar-refractivity contribution is 0.208. The van der Waals surface area contributed by atoms with Crippen molar-refractivity contribution in [1.82, 2.24) is 15.3 Å². The molecule has 5 heteroatoms. The molecule has 1 fully saturated rings. The lowest BCUT2D eigenvalue weighted by Crippen LogP contribution is -2.23. The maximum Gasteiger partial charge on any atom is 0.223 e. The minimum atomic E-state index is 0.163. The Morgan fingerprint density at radius 2 is 2.04 bits per heavy atom. The number of nitrogens with zero attached hydrogens (tertiary/aromatic N) is 2. The van der Waals surface area contributed by atoms with Gasteiger partial charge in [0, 0.05) is 30.5 Å². The molecule has 3 atom stereocenters. The highest BCUT2D eigenvalue weighted by molar-refractivity contribution is 5.43. The molecule has 4 rings (SSSR count). The van der Waals surface area contributed by atoms with E-state index in [0.29, 0.717) is 17.9 Å². The summed E-state index contributed by atoms with van der Waals surface area (Å²) in [5, 5.41) is 3.42. The topological polar surface area (TPSA) is 73.1 Å². The summed E-state index contributed by atoms with van der Waals surface area (Å²) < 4.78 is 6.22.